The zero-order valence-electron chi connectivity index (χ0n) is 18.9. The van der Waals surface area contributed by atoms with Crippen molar-refractivity contribution >= 4 is 22.1 Å². The lowest BCUT2D eigenvalue weighted by molar-refractivity contribution is -0.151. The van der Waals surface area contributed by atoms with Crippen molar-refractivity contribution < 1.29 is 22.3 Å². The third-order valence-electron chi connectivity index (χ3n) is 6.66. The van der Waals surface area contributed by atoms with E-state index in [-0.39, 0.29) is 30.2 Å². The van der Waals surface area contributed by atoms with E-state index in [2.05, 4.69) is 5.10 Å². The number of hydrogen-bond acceptors (Lipinski definition) is 5. The van der Waals surface area contributed by atoms with Crippen molar-refractivity contribution in [3.63, 3.8) is 0 Å². The molecule has 176 valence electrons. The summed E-state index contributed by atoms with van der Waals surface area (Å²) in [6.45, 7) is 2.08. The SMILES string of the molecule is COC(=O)[C@]12Cc3cnn(-c4ccc(F)cc4)c3C=C1CCN(S(=O)(=O)c1cccc(C)c1)C2. The highest BCUT2D eigenvalue weighted by molar-refractivity contribution is 7.89. The molecule has 1 atom stereocenters. The van der Waals surface area contributed by atoms with Crippen molar-refractivity contribution in [3.8, 4) is 5.69 Å². The predicted octanol–water partition coefficient (Wildman–Crippen LogP) is 3.51. The molecule has 0 radical (unpaired) electrons. The number of ether oxygens (including phenoxy) is 1. The van der Waals surface area contributed by atoms with E-state index >= 15 is 0 Å². The molecule has 1 aromatic heterocycles. The number of sulfonamides is 1. The van der Waals surface area contributed by atoms with Crippen molar-refractivity contribution in [2.75, 3.05) is 20.2 Å². The van der Waals surface area contributed by atoms with Crippen LogP contribution < -0.4 is 0 Å². The number of aryl methyl sites for hydroxylation is 1. The molecule has 0 spiro atoms. The van der Waals surface area contributed by atoms with Crippen molar-refractivity contribution in [3.05, 3.63) is 82.9 Å². The summed E-state index contributed by atoms with van der Waals surface area (Å²) >= 11 is 0. The summed E-state index contributed by atoms with van der Waals surface area (Å²) in [6, 6.07) is 12.8. The highest BCUT2D eigenvalue weighted by Gasteiger charge is 2.51. The Morgan fingerprint density at radius 1 is 1.18 bits per heavy atom. The summed E-state index contributed by atoms with van der Waals surface area (Å²) in [4.78, 5) is 13.4. The molecule has 5 rings (SSSR count). The zero-order valence-corrected chi connectivity index (χ0v) is 19.7. The minimum atomic E-state index is -3.79. The fraction of sp³-hybridized carbons (Fsp3) is 0.280. The maximum absolute atomic E-state index is 13.4. The Hall–Kier alpha value is -3.30. The predicted molar refractivity (Wildman–Crippen MR) is 124 cm³/mol. The van der Waals surface area contributed by atoms with Crippen LogP contribution in [-0.2, 0) is 26.0 Å². The van der Waals surface area contributed by atoms with Crippen molar-refractivity contribution in [1.82, 2.24) is 14.1 Å². The van der Waals surface area contributed by atoms with Gasteiger partial charge in [0.05, 0.1) is 29.6 Å². The standard InChI is InChI=1S/C25H24FN3O4S/c1-17-4-3-5-22(12-17)34(31,32)28-11-10-19-13-23-18(14-25(19,16-28)24(30)33-2)15-27-29(23)21-8-6-20(26)7-9-21/h3-9,12-13,15H,10-11,14,16H2,1-2H3/t25-/m0/s1. The van der Waals surface area contributed by atoms with Crippen LogP contribution in [0.15, 0.2) is 65.2 Å². The van der Waals surface area contributed by atoms with E-state index in [1.807, 2.05) is 19.1 Å². The first kappa shape index (κ1) is 22.5. The van der Waals surface area contributed by atoms with E-state index < -0.39 is 21.4 Å². The van der Waals surface area contributed by atoms with Gasteiger partial charge in [-0.1, -0.05) is 12.1 Å². The quantitative estimate of drug-likeness (QED) is 0.533. The van der Waals surface area contributed by atoms with Gasteiger partial charge in [0.1, 0.15) is 11.2 Å². The molecule has 2 heterocycles. The second-order valence-corrected chi connectivity index (χ2v) is 10.7. The molecule has 0 unspecified atom stereocenters. The van der Waals surface area contributed by atoms with E-state index in [1.54, 1.807) is 41.2 Å². The van der Waals surface area contributed by atoms with Crippen LogP contribution in [0.4, 0.5) is 4.39 Å². The number of esters is 1. The third kappa shape index (κ3) is 3.56. The zero-order chi connectivity index (χ0) is 24.1. The van der Waals surface area contributed by atoms with E-state index in [0.717, 1.165) is 22.4 Å². The number of carbonyl (C=O) groups excluding carboxylic acids is 1. The fourth-order valence-corrected chi connectivity index (χ4v) is 6.50. The van der Waals surface area contributed by atoms with Gasteiger partial charge in [0, 0.05) is 13.1 Å². The summed E-state index contributed by atoms with van der Waals surface area (Å²) in [5, 5.41) is 4.46. The molecule has 1 saturated heterocycles. The summed E-state index contributed by atoms with van der Waals surface area (Å²) in [7, 11) is -2.47. The maximum Gasteiger partial charge on any atom is 0.317 e. The van der Waals surface area contributed by atoms with E-state index in [1.165, 1.54) is 23.5 Å². The van der Waals surface area contributed by atoms with Crippen LogP contribution in [0.1, 0.15) is 23.2 Å². The molecule has 0 saturated carbocycles. The Labute approximate surface area is 197 Å². The van der Waals surface area contributed by atoms with Crippen molar-refractivity contribution in [2.24, 2.45) is 5.41 Å². The molecule has 7 nitrogen and oxygen atoms in total. The van der Waals surface area contributed by atoms with Crippen LogP contribution in [-0.4, -0.2) is 48.7 Å². The minimum Gasteiger partial charge on any atom is -0.468 e. The number of nitrogens with zero attached hydrogens (tertiary/aromatic N) is 3. The lowest BCUT2D eigenvalue weighted by atomic mass is 9.69. The molecule has 9 heteroatoms. The van der Waals surface area contributed by atoms with Gasteiger partial charge in [-0.05, 0) is 78.9 Å². The normalized spacial score (nSPS) is 20.3. The monoisotopic (exact) mass is 481 g/mol. The van der Waals surface area contributed by atoms with Gasteiger partial charge in [0.15, 0.2) is 0 Å². The van der Waals surface area contributed by atoms with E-state index in [4.69, 9.17) is 4.74 Å². The van der Waals surface area contributed by atoms with Gasteiger partial charge in [-0.2, -0.15) is 9.40 Å². The lowest BCUT2D eigenvalue weighted by Gasteiger charge is -2.43. The number of rotatable bonds is 4. The Bertz CT molecular complexity index is 1410. The average Bonchev–Trinajstić information content (AvgIpc) is 3.24. The summed E-state index contributed by atoms with van der Waals surface area (Å²) in [5.41, 5.74) is 2.82. The van der Waals surface area contributed by atoms with Crippen LogP contribution >= 0.6 is 0 Å². The Morgan fingerprint density at radius 2 is 1.94 bits per heavy atom. The van der Waals surface area contributed by atoms with Crippen LogP contribution in [0, 0.1) is 18.2 Å². The molecule has 1 aliphatic carbocycles. The number of fused-ring (bicyclic) bond motifs is 2. The van der Waals surface area contributed by atoms with Crippen LogP contribution in [0.3, 0.4) is 0 Å². The van der Waals surface area contributed by atoms with E-state index in [9.17, 15) is 17.6 Å². The van der Waals surface area contributed by atoms with Crippen LogP contribution in [0.5, 0.6) is 0 Å². The highest BCUT2D eigenvalue weighted by atomic mass is 32.2. The van der Waals surface area contributed by atoms with E-state index in [0.29, 0.717) is 12.1 Å². The number of aromatic nitrogens is 2. The number of halogens is 1. The summed E-state index contributed by atoms with van der Waals surface area (Å²) < 4.78 is 48.5. The molecule has 2 aromatic carbocycles. The first-order chi connectivity index (χ1) is 16.2. The molecule has 34 heavy (non-hydrogen) atoms. The molecular weight excluding hydrogens is 457 g/mol. The maximum atomic E-state index is 13.4. The van der Waals surface area contributed by atoms with Gasteiger partial charge in [0.2, 0.25) is 10.0 Å². The first-order valence-electron chi connectivity index (χ1n) is 10.9. The largest absolute Gasteiger partial charge is 0.468 e. The fourth-order valence-electron chi connectivity index (χ4n) is 4.90. The molecule has 0 bridgehead atoms. The Morgan fingerprint density at radius 3 is 2.65 bits per heavy atom. The van der Waals surface area contributed by atoms with Crippen LogP contribution in [0.2, 0.25) is 0 Å². The molecule has 3 aromatic rings. The molecule has 1 aliphatic heterocycles. The Balaban J connectivity index is 1.55. The second kappa shape index (κ2) is 8.18. The minimum absolute atomic E-state index is 0.0110. The third-order valence-corrected chi connectivity index (χ3v) is 8.50. The molecule has 1 fully saturated rings. The van der Waals surface area contributed by atoms with Gasteiger partial charge >= 0.3 is 5.97 Å². The van der Waals surface area contributed by atoms with Gasteiger partial charge in [-0.3, -0.25) is 4.79 Å². The molecule has 2 aliphatic rings. The average molecular weight is 482 g/mol. The number of carbonyl (C=O) groups is 1. The highest BCUT2D eigenvalue weighted by Crippen LogP contribution is 2.46. The number of methoxy groups -OCH3 is 1. The second-order valence-electron chi connectivity index (χ2n) is 8.77. The summed E-state index contributed by atoms with van der Waals surface area (Å²) in [5.74, 6) is -0.807. The summed E-state index contributed by atoms with van der Waals surface area (Å²) in [6.07, 6.45) is 4.23. The topological polar surface area (TPSA) is 81.5 Å². The molecular formula is C25H24FN3O4S. The van der Waals surface area contributed by atoms with Gasteiger partial charge in [0.25, 0.3) is 0 Å². The molecule has 0 amide bonds. The lowest BCUT2D eigenvalue weighted by Crippen LogP contribution is -2.53. The van der Waals surface area contributed by atoms with Crippen LogP contribution in [0.25, 0.3) is 11.8 Å². The first-order valence-corrected chi connectivity index (χ1v) is 12.4. The Kier molecular flexibility index (Phi) is 5.41. The van der Waals surface area contributed by atoms with Crippen molar-refractivity contribution in [1.29, 1.82) is 0 Å². The number of piperidine rings is 1. The van der Waals surface area contributed by atoms with Gasteiger partial charge in [-0.25, -0.2) is 17.5 Å². The van der Waals surface area contributed by atoms with Crippen molar-refractivity contribution in [2.45, 2.75) is 24.7 Å². The molecule has 0 N–H and O–H groups in total. The number of benzene rings is 2. The smallest absolute Gasteiger partial charge is 0.317 e. The van der Waals surface area contributed by atoms with Gasteiger partial charge < -0.3 is 4.74 Å². The number of hydrogen-bond donors (Lipinski definition) is 0. The van der Waals surface area contributed by atoms with Gasteiger partial charge in [-0.15, -0.1) is 0 Å².